The fourth-order valence-electron chi connectivity index (χ4n) is 2.68. The maximum absolute atomic E-state index is 6.38. The lowest BCUT2D eigenvalue weighted by Crippen LogP contribution is -2.33. The van der Waals surface area contributed by atoms with Crippen LogP contribution in [0.15, 0.2) is 30.9 Å². The predicted molar refractivity (Wildman–Crippen MR) is 83.9 cm³/mol. The molecule has 0 aliphatic carbocycles. The molecule has 0 N–H and O–H groups in total. The molecule has 1 saturated heterocycles. The van der Waals surface area contributed by atoms with E-state index < -0.39 is 5.79 Å². The van der Waals surface area contributed by atoms with Gasteiger partial charge in [0.2, 0.25) is 5.79 Å². The van der Waals surface area contributed by atoms with Crippen molar-refractivity contribution in [1.29, 1.82) is 0 Å². The number of rotatable bonds is 5. The van der Waals surface area contributed by atoms with Crippen LogP contribution in [-0.2, 0) is 21.8 Å². The summed E-state index contributed by atoms with van der Waals surface area (Å²) in [5.41, 5.74) is 0.769. The molecule has 1 aromatic heterocycles. The Morgan fingerprint density at radius 1 is 1.32 bits per heavy atom. The quantitative estimate of drug-likeness (QED) is 0.832. The maximum atomic E-state index is 6.38. The van der Waals surface area contributed by atoms with E-state index in [9.17, 15) is 0 Å². The van der Waals surface area contributed by atoms with Gasteiger partial charge in [-0.1, -0.05) is 42.6 Å². The second-order valence-electron chi connectivity index (χ2n) is 5.35. The molecule has 3 rings (SSSR count). The Kier molecular flexibility index (Phi) is 4.68. The molecule has 2 heterocycles. The number of nitrogens with zero attached hydrogens (tertiary/aromatic N) is 3. The molecule has 118 valence electrons. The van der Waals surface area contributed by atoms with Crippen molar-refractivity contribution >= 4 is 23.2 Å². The van der Waals surface area contributed by atoms with E-state index in [0.29, 0.717) is 23.2 Å². The van der Waals surface area contributed by atoms with E-state index in [0.717, 1.165) is 18.4 Å². The third kappa shape index (κ3) is 3.13. The van der Waals surface area contributed by atoms with E-state index in [4.69, 9.17) is 32.7 Å². The Bertz CT molecular complexity index is 636. The van der Waals surface area contributed by atoms with Gasteiger partial charge in [0.1, 0.15) is 12.7 Å². The van der Waals surface area contributed by atoms with Crippen molar-refractivity contribution < 1.29 is 9.47 Å². The minimum Gasteiger partial charge on any atom is -0.342 e. The summed E-state index contributed by atoms with van der Waals surface area (Å²) in [4.78, 5) is 0. The van der Waals surface area contributed by atoms with Crippen molar-refractivity contribution in [2.24, 2.45) is 0 Å². The van der Waals surface area contributed by atoms with Gasteiger partial charge in [-0.15, -0.1) is 10.2 Å². The Morgan fingerprint density at radius 2 is 2.09 bits per heavy atom. The van der Waals surface area contributed by atoms with E-state index in [1.807, 2.05) is 10.6 Å². The summed E-state index contributed by atoms with van der Waals surface area (Å²) in [6.45, 7) is 3.09. The first-order valence-corrected chi connectivity index (χ1v) is 7.98. The van der Waals surface area contributed by atoms with Crippen molar-refractivity contribution in [1.82, 2.24) is 14.8 Å². The monoisotopic (exact) mass is 341 g/mol. The van der Waals surface area contributed by atoms with E-state index in [2.05, 4.69) is 17.1 Å². The van der Waals surface area contributed by atoms with Crippen LogP contribution in [0.2, 0.25) is 10.0 Å². The number of aromatic nitrogens is 3. The Balaban J connectivity index is 1.96. The highest BCUT2D eigenvalue weighted by Crippen LogP contribution is 2.41. The zero-order valence-electron chi connectivity index (χ0n) is 12.2. The topological polar surface area (TPSA) is 49.2 Å². The molecule has 0 saturated carbocycles. The summed E-state index contributed by atoms with van der Waals surface area (Å²) in [7, 11) is 0. The molecule has 0 unspecified atom stereocenters. The SMILES string of the molecule is CCC[C@@H]1CO[C@](Cn2cnnc2)(c2ccc(Cl)cc2Cl)O1. The number of halogens is 2. The fourth-order valence-corrected chi connectivity index (χ4v) is 3.23. The van der Waals surface area contributed by atoms with Crippen molar-refractivity contribution in [2.45, 2.75) is 38.2 Å². The van der Waals surface area contributed by atoms with Crippen molar-refractivity contribution in [3.8, 4) is 0 Å². The first-order chi connectivity index (χ1) is 10.6. The van der Waals surface area contributed by atoms with Gasteiger partial charge in [-0.2, -0.15) is 0 Å². The first kappa shape index (κ1) is 15.7. The predicted octanol–water partition coefficient (Wildman–Crippen LogP) is 3.65. The van der Waals surface area contributed by atoms with Gasteiger partial charge in [0.25, 0.3) is 0 Å². The normalized spacial score (nSPS) is 24.8. The van der Waals surface area contributed by atoms with Crippen LogP contribution in [0.1, 0.15) is 25.3 Å². The van der Waals surface area contributed by atoms with Gasteiger partial charge in [-0.05, 0) is 18.6 Å². The molecule has 5 nitrogen and oxygen atoms in total. The summed E-state index contributed by atoms with van der Waals surface area (Å²) >= 11 is 12.4. The van der Waals surface area contributed by atoms with Gasteiger partial charge in [-0.25, -0.2) is 0 Å². The molecular weight excluding hydrogens is 325 g/mol. The van der Waals surface area contributed by atoms with Gasteiger partial charge in [-0.3, -0.25) is 0 Å². The fraction of sp³-hybridized carbons (Fsp3) is 0.467. The molecule has 0 spiro atoms. The van der Waals surface area contributed by atoms with Crippen LogP contribution in [0.25, 0.3) is 0 Å². The van der Waals surface area contributed by atoms with E-state index in [-0.39, 0.29) is 6.10 Å². The molecule has 2 atom stereocenters. The summed E-state index contributed by atoms with van der Waals surface area (Å²) in [6, 6.07) is 5.34. The number of hydrogen-bond donors (Lipinski definition) is 0. The van der Waals surface area contributed by atoms with Crippen LogP contribution in [-0.4, -0.2) is 27.5 Å². The van der Waals surface area contributed by atoms with Crippen molar-refractivity contribution in [3.63, 3.8) is 0 Å². The lowest BCUT2D eigenvalue weighted by Gasteiger charge is -2.29. The van der Waals surface area contributed by atoms with Crippen LogP contribution >= 0.6 is 23.2 Å². The molecule has 2 aromatic rings. The van der Waals surface area contributed by atoms with E-state index >= 15 is 0 Å². The highest BCUT2D eigenvalue weighted by Gasteiger charge is 2.44. The lowest BCUT2D eigenvalue weighted by molar-refractivity contribution is -0.187. The molecule has 1 aliphatic rings. The Labute approximate surface area is 139 Å². The maximum Gasteiger partial charge on any atom is 0.215 e. The first-order valence-electron chi connectivity index (χ1n) is 7.22. The molecule has 0 amide bonds. The van der Waals surface area contributed by atoms with Gasteiger partial charge in [0.15, 0.2) is 0 Å². The largest absolute Gasteiger partial charge is 0.342 e. The summed E-state index contributed by atoms with van der Waals surface area (Å²) in [5.74, 6) is -0.941. The average molecular weight is 342 g/mol. The smallest absolute Gasteiger partial charge is 0.215 e. The minimum absolute atomic E-state index is 0.0493. The Morgan fingerprint density at radius 3 is 2.77 bits per heavy atom. The second kappa shape index (κ2) is 6.54. The van der Waals surface area contributed by atoms with Crippen LogP contribution < -0.4 is 0 Å². The van der Waals surface area contributed by atoms with Crippen LogP contribution in [0, 0.1) is 0 Å². The van der Waals surface area contributed by atoms with Crippen LogP contribution in [0.5, 0.6) is 0 Å². The zero-order chi connectivity index (χ0) is 15.6. The van der Waals surface area contributed by atoms with E-state index in [1.54, 1.807) is 24.8 Å². The van der Waals surface area contributed by atoms with E-state index in [1.165, 1.54) is 0 Å². The molecule has 1 aromatic carbocycles. The molecule has 1 fully saturated rings. The van der Waals surface area contributed by atoms with Crippen LogP contribution in [0.4, 0.5) is 0 Å². The average Bonchev–Trinajstić information content (AvgIpc) is 3.10. The van der Waals surface area contributed by atoms with Crippen molar-refractivity contribution in [2.75, 3.05) is 6.61 Å². The lowest BCUT2D eigenvalue weighted by atomic mass is 10.1. The van der Waals surface area contributed by atoms with Gasteiger partial charge in [0, 0.05) is 10.6 Å². The molecule has 0 radical (unpaired) electrons. The highest BCUT2D eigenvalue weighted by molar-refractivity contribution is 6.35. The molecule has 7 heteroatoms. The third-order valence-corrected chi connectivity index (χ3v) is 4.22. The Hall–Kier alpha value is -1.14. The van der Waals surface area contributed by atoms with Gasteiger partial charge < -0.3 is 14.0 Å². The zero-order valence-corrected chi connectivity index (χ0v) is 13.7. The second-order valence-corrected chi connectivity index (χ2v) is 6.19. The molecular formula is C15H17Cl2N3O2. The highest BCUT2D eigenvalue weighted by atomic mass is 35.5. The number of benzene rings is 1. The molecule has 1 aliphatic heterocycles. The third-order valence-electron chi connectivity index (χ3n) is 3.67. The summed E-state index contributed by atoms with van der Waals surface area (Å²) < 4.78 is 14.1. The number of hydrogen-bond acceptors (Lipinski definition) is 4. The van der Waals surface area contributed by atoms with Gasteiger partial charge in [0.05, 0.1) is 24.3 Å². The molecule has 0 bridgehead atoms. The summed E-state index contributed by atoms with van der Waals surface area (Å²) in [5, 5.41) is 8.76. The van der Waals surface area contributed by atoms with Crippen LogP contribution in [0.3, 0.4) is 0 Å². The summed E-state index contributed by atoms with van der Waals surface area (Å²) in [6.07, 6.45) is 5.28. The van der Waals surface area contributed by atoms with Gasteiger partial charge >= 0.3 is 0 Å². The standard InChI is InChI=1S/C15H17Cl2N3O2/c1-2-3-12-7-21-15(22-12,8-20-9-18-19-10-20)13-5-4-11(16)6-14(13)17/h4-6,9-10,12H,2-3,7-8H2,1H3/t12-,15+/m1/s1. The number of ether oxygens (including phenoxy) is 2. The molecule has 22 heavy (non-hydrogen) atoms. The van der Waals surface area contributed by atoms with Crippen molar-refractivity contribution in [3.05, 3.63) is 46.5 Å². The minimum atomic E-state index is -0.941.